The van der Waals surface area contributed by atoms with Crippen LogP contribution in [0.5, 0.6) is 0 Å². The Bertz CT molecular complexity index is 1580. The highest BCUT2D eigenvalue weighted by Crippen LogP contribution is 2.44. The van der Waals surface area contributed by atoms with Crippen molar-refractivity contribution in [2.24, 2.45) is 53.3 Å². The summed E-state index contributed by atoms with van der Waals surface area (Å²) in [5.41, 5.74) is -0.187. The first-order chi connectivity index (χ1) is 25.7. The number of hydrogen-bond acceptors (Lipinski definition) is 6. The zero-order chi connectivity index (χ0) is 38.9. The van der Waals surface area contributed by atoms with Gasteiger partial charge in [0.05, 0.1) is 42.7 Å². The Morgan fingerprint density at radius 2 is 1.04 bits per heavy atom. The van der Waals surface area contributed by atoms with Crippen LogP contribution in [0.1, 0.15) is 139 Å². The molecule has 0 spiro atoms. The zero-order valence-corrected chi connectivity index (χ0v) is 36.0. The summed E-state index contributed by atoms with van der Waals surface area (Å²) in [7, 11) is -3.96. The Labute approximate surface area is 326 Å². The average Bonchev–Trinajstić information content (AvgIpc) is 3.38. The molecule has 6 rings (SSSR count). The van der Waals surface area contributed by atoms with Gasteiger partial charge in [-0.2, -0.15) is 0 Å². The first-order valence-corrected chi connectivity index (χ1v) is 23.2. The number of rotatable bonds is 13. The molecule has 9 nitrogen and oxygen atoms in total. The maximum absolute atomic E-state index is 14.3. The molecular formula is C44H71N3O6Si. The summed E-state index contributed by atoms with van der Waals surface area (Å²) in [6.45, 7) is 22.9. The molecule has 302 valence electrons. The predicted molar refractivity (Wildman–Crippen MR) is 218 cm³/mol. The van der Waals surface area contributed by atoms with Gasteiger partial charge in [-0.25, -0.2) is 23.5 Å². The maximum Gasteiger partial charge on any atom is 0.680 e. The monoisotopic (exact) mass is 766 g/mol. The van der Waals surface area contributed by atoms with Crippen LogP contribution in [-0.2, 0) is 17.7 Å². The first kappa shape index (κ1) is 41.4. The normalized spacial score (nSPS) is 33.5. The van der Waals surface area contributed by atoms with Gasteiger partial charge in [-0.3, -0.25) is 0 Å². The van der Waals surface area contributed by atoms with Gasteiger partial charge in [-0.1, -0.05) is 112 Å². The second kappa shape index (κ2) is 17.5. The summed E-state index contributed by atoms with van der Waals surface area (Å²) in [5.74, 6) is 4.01. The molecular weight excluding hydrogens is 695 g/mol. The molecule has 0 saturated heterocycles. The Hall–Kier alpha value is -2.24. The predicted octanol–water partition coefficient (Wildman–Crippen LogP) is 9.36. The molecule has 2 unspecified atom stereocenters. The van der Waals surface area contributed by atoms with Gasteiger partial charge >= 0.3 is 20.4 Å². The van der Waals surface area contributed by atoms with E-state index in [-0.39, 0.29) is 42.3 Å². The lowest BCUT2D eigenvalue weighted by atomic mass is 9.75. The molecule has 3 aliphatic carbocycles. The van der Waals surface area contributed by atoms with Crippen LogP contribution in [0, 0.1) is 53.3 Å². The standard InChI is InChI=1S/C44H71N3O6Si/c1-28(2)37-21-16-31(7)24-40(37)51-54(52-41-25-32(8)17-22-38(41)29(3)4,53-42-26-33(9)18-23-39(42)30(5)6)50-27-36-20-19-34(10)46-43(48)45(44(49)47(36)46)35-14-12-11-13-15-35/h11-15,19-20,28-34,36-42H,16-18,21-27H2,1-10H3/t31-,32-,33-,34?,36?,37+,38+,39+,40-,41-,42-/m1/s1. The van der Waals surface area contributed by atoms with Crippen molar-refractivity contribution in [1.29, 1.82) is 0 Å². The molecule has 1 aliphatic heterocycles. The molecule has 10 heteroatoms. The Balaban J connectivity index is 1.45. The Morgan fingerprint density at radius 3 is 1.46 bits per heavy atom. The molecule has 1 aromatic heterocycles. The molecule has 11 atom stereocenters. The molecule has 2 heterocycles. The molecule has 1 aromatic carbocycles. The maximum atomic E-state index is 14.3. The molecule has 3 saturated carbocycles. The third-order valence-electron chi connectivity index (χ3n) is 13.5. The number of benzene rings is 1. The summed E-state index contributed by atoms with van der Waals surface area (Å²) in [5, 5.41) is 0. The second-order valence-corrected chi connectivity index (χ2v) is 20.9. The van der Waals surface area contributed by atoms with Crippen LogP contribution < -0.4 is 11.4 Å². The average molecular weight is 766 g/mol. The highest BCUT2D eigenvalue weighted by Gasteiger charge is 2.56. The van der Waals surface area contributed by atoms with E-state index in [2.05, 4.69) is 62.3 Å². The van der Waals surface area contributed by atoms with Crippen LogP contribution in [0.4, 0.5) is 0 Å². The third kappa shape index (κ3) is 8.98. The first-order valence-electron chi connectivity index (χ1n) is 21.5. The summed E-state index contributed by atoms with van der Waals surface area (Å²) in [6, 6.07) is 8.35. The van der Waals surface area contributed by atoms with Crippen LogP contribution in [0.15, 0.2) is 52.1 Å². The smallest absolute Gasteiger partial charge is 0.349 e. The summed E-state index contributed by atoms with van der Waals surface area (Å²) >= 11 is 0. The Morgan fingerprint density at radius 1 is 0.611 bits per heavy atom. The van der Waals surface area contributed by atoms with Crippen LogP contribution in [0.3, 0.4) is 0 Å². The molecule has 0 bridgehead atoms. The molecule has 3 fully saturated rings. The van der Waals surface area contributed by atoms with Crippen LogP contribution in [0.25, 0.3) is 5.69 Å². The molecule has 0 radical (unpaired) electrons. The van der Waals surface area contributed by atoms with E-state index < -0.39 is 15.1 Å². The number of fused-ring (bicyclic) bond motifs is 1. The van der Waals surface area contributed by atoms with Gasteiger partial charge in [0, 0.05) is 0 Å². The minimum atomic E-state index is -3.96. The van der Waals surface area contributed by atoms with Gasteiger partial charge in [-0.15, -0.1) is 0 Å². The fraction of sp³-hybridized carbons (Fsp3) is 0.773. The second-order valence-electron chi connectivity index (χ2n) is 18.9. The SMILES string of the molecule is CC(C)[C@@H]1CC[C@@H](C)C[C@H]1O[Si](OCC1C=CC(C)n2c(=O)n(-c3ccccc3)c(=O)n21)(O[C@@H]1C[C@H](C)CC[C@H]1C(C)C)O[C@@H]1C[C@H](C)CC[C@H]1C(C)C. The minimum absolute atomic E-state index is 0.0561. The van der Waals surface area contributed by atoms with Gasteiger partial charge in [0.1, 0.15) is 0 Å². The Kier molecular flexibility index (Phi) is 13.4. The summed E-state index contributed by atoms with van der Waals surface area (Å²) in [4.78, 5) is 28.2. The largest absolute Gasteiger partial charge is 0.680 e. The third-order valence-corrected chi connectivity index (χ3v) is 15.8. The van der Waals surface area contributed by atoms with Gasteiger partial charge < -0.3 is 17.7 Å². The minimum Gasteiger partial charge on any atom is -0.349 e. The lowest BCUT2D eigenvalue weighted by Gasteiger charge is -2.47. The van der Waals surface area contributed by atoms with Gasteiger partial charge in [0.25, 0.3) is 0 Å². The highest BCUT2D eigenvalue weighted by molar-refractivity contribution is 6.53. The van der Waals surface area contributed by atoms with E-state index in [0.29, 0.717) is 58.9 Å². The highest BCUT2D eigenvalue weighted by atomic mass is 28.4. The van der Waals surface area contributed by atoms with Crippen molar-refractivity contribution in [1.82, 2.24) is 13.9 Å². The van der Waals surface area contributed by atoms with Crippen molar-refractivity contribution in [2.45, 2.75) is 157 Å². The molecule has 2 aromatic rings. The lowest BCUT2D eigenvalue weighted by Crippen LogP contribution is -2.60. The van der Waals surface area contributed by atoms with Gasteiger partial charge in [-0.05, 0) is 111 Å². The van der Waals surface area contributed by atoms with Crippen molar-refractivity contribution >= 4 is 9.05 Å². The van der Waals surface area contributed by atoms with Crippen LogP contribution >= 0.6 is 0 Å². The van der Waals surface area contributed by atoms with E-state index >= 15 is 0 Å². The molecule has 54 heavy (non-hydrogen) atoms. The van der Waals surface area contributed by atoms with E-state index in [4.69, 9.17) is 17.7 Å². The zero-order valence-electron chi connectivity index (χ0n) is 35.0. The summed E-state index contributed by atoms with van der Waals surface area (Å²) in [6.07, 6.45) is 13.6. The van der Waals surface area contributed by atoms with Crippen molar-refractivity contribution in [3.63, 3.8) is 0 Å². The van der Waals surface area contributed by atoms with E-state index in [1.54, 1.807) is 21.5 Å². The van der Waals surface area contributed by atoms with Crippen molar-refractivity contribution < 1.29 is 17.7 Å². The topological polar surface area (TPSA) is 85.9 Å². The van der Waals surface area contributed by atoms with E-state index in [1.807, 2.05) is 37.3 Å². The van der Waals surface area contributed by atoms with Crippen LogP contribution in [0.2, 0.25) is 0 Å². The van der Waals surface area contributed by atoms with Crippen molar-refractivity contribution in [3.05, 3.63) is 63.5 Å². The molecule has 0 amide bonds. The summed E-state index contributed by atoms with van der Waals surface area (Å²) < 4.78 is 34.4. The number of allylic oxidation sites excluding steroid dienone is 1. The molecule has 4 aliphatic rings. The lowest BCUT2D eigenvalue weighted by molar-refractivity contribution is -0.144. The van der Waals surface area contributed by atoms with Gasteiger partial charge in [0.2, 0.25) is 0 Å². The van der Waals surface area contributed by atoms with E-state index in [1.165, 1.54) is 23.8 Å². The van der Waals surface area contributed by atoms with E-state index in [0.717, 1.165) is 38.5 Å². The molecule has 0 N–H and O–H groups in total. The number of aromatic nitrogens is 3. The number of nitrogens with zero attached hydrogens (tertiary/aromatic N) is 3. The van der Waals surface area contributed by atoms with E-state index in [9.17, 15) is 9.59 Å². The van der Waals surface area contributed by atoms with Gasteiger partial charge in [0.15, 0.2) is 0 Å². The van der Waals surface area contributed by atoms with Crippen molar-refractivity contribution in [2.75, 3.05) is 6.61 Å². The fourth-order valence-corrected chi connectivity index (χ4v) is 12.9. The van der Waals surface area contributed by atoms with Crippen LogP contribution in [-0.4, -0.2) is 47.9 Å². The number of hydrogen-bond donors (Lipinski definition) is 0. The fourth-order valence-electron chi connectivity index (χ4n) is 10.2. The number of para-hydroxylation sites is 1. The quantitative estimate of drug-likeness (QED) is 0.149. The van der Waals surface area contributed by atoms with Crippen molar-refractivity contribution in [3.8, 4) is 5.69 Å².